The molecule has 8 nitrogen and oxygen atoms in total. The van der Waals surface area contributed by atoms with E-state index in [2.05, 4.69) is 10.1 Å². The van der Waals surface area contributed by atoms with Crippen LogP contribution in [0.5, 0.6) is 0 Å². The number of hydrogen-bond donors (Lipinski definition) is 0. The molecule has 0 aliphatic heterocycles. The lowest BCUT2D eigenvalue weighted by atomic mass is 10.2. The van der Waals surface area contributed by atoms with E-state index in [-0.39, 0.29) is 28.2 Å². The van der Waals surface area contributed by atoms with Gasteiger partial charge in [-0.15, -0.1) is 0 Å². The Kier molecular flexibility index (Phi) is 5.73. The predicted octanol–water partition coefficient (Wildman–Crippen LogP) is 4.17. The molecule has 2 aromatic heterocycles. The van der Waals surface area contributed by atoms with Crippen LogP contribution in [0.4, 0.5) is 0 Å². The lowest BCUT2D eigenvalue weighted by Gasteiger charge is -2.15. The minimum Gasteiger partial charge on any atom is -0.338 e. The summed E-state index contributed by atoms with van der Waals surface area (Å²) in [6, 6.07) is 11.7. The number of benzene rings is 2. The third kappa shape index (κ3) is 4.16. The summed E-state index contributed by atoms with van der Waals surface area (Å²) in [6.45, 7) is 3.72. The molecule has 0 saturated carbocycles. The Balaban J connectivity index is 1.60. The van der Waals surface area contributed by atoms with E-state index in [0.717, 1.165) is 21.2 Å². The third-order valence-corrected chi connectivity index (χ3v) is 7.67. The zero-order valence-corrected chi connectivity index (χ0v) is 19.3. The molecule has 0 aliphatic carbocycles. The number of sulfonamides is 1. The molecule has 0 aliphatic rings. The summed E-state index contributed by atoms with van der Waals surface area (Å²) < 4.78 is 34.8. The number of nitrogens with zero attached hydrogens (tertiary/aromatic N) is 4. The molecule has 0 saturated heterocycles. The van der Waals surface area contributed by atoms with Gasteiger partial charge >= 0.3 is 4.87 Å². The standard InChI is InChI=1S/C20H19ClN4O4S2/c1-12(2)25-16-8-7-15(10-17(16)30-20(25)26)31(27,28)24(3)11-18-22-19(23-29-18)13-5-4-6-14(21)9-13/h4-10,12H,11H2,1-3H3. The topological polar surface area (TPSA) is 98.3 Å². The Morgan fingerprint density at radius 3 is 2.71 bits per heavy atom. The van der Waals surface area contributed by atoms with Crippen molar-refractivity contribution in [3.05, 3.63) is 63.0 Å². The van der Waals surface area contributed by atoms with Gasteiger partial charge in [-0.25, -0.2) is 8.42 Å². The van der Waals surface area contributed by atoms with Gasteiger partial charge in [0.05, 0.1) is 21.7 Å². The first kappa shape index (κ1) is 21.7. The van der Waals surface area contributed by atoms with Crippen molar-refractivity contribution in [1.82, 2.24) is 19.0 Å². The van der Waals surface area contributed by atoms with Crippen LogP contribution in [-0.2, 0) is 16.6 Å². The highest BCUT2D eigenvalue weighted by atomic mass is 35.5. The lowest BCUT2D eigenvalue weighted by molar-refractivity contribution is 0.337. The third-order valence-electron chi connectivity index (χ3n) is 4.72. The Hall–Kier alpha value is -2.53. The molecular weight excluding hydrogens is 460 g/mol. The summed E-state index contributed by atoms with van der Waals surface area (Å²) in [4.78, 5) is 16.5. The van der Waals surface area contributed by atoms with Crippen LogP contribution in [0.25, 0.3) is 21.6 Å². The predicted molar refractivity (Wildman–Crippen MR) is 120 cm³/mol. The van der Waals surface area contributed by atoms with Crippen LogP contribution < -0.4 is 4.87 Å². The minimum atomic E-state index is -3.83. The van der Waals surface area contributed by atoms with Crippen LogP contribution in [0.15, 0.2) is 56.7 Å². The molecule has 0 atom stereocenters. The fourth-order valence-corrected chi connectivity index (χ4v) is 5.65. The molecule has 2 heterocycles. The van der Waals surface area contributed by atoms with Crippen LogP contribution in [0.2, 0.25) is 5.02 Å². The summed E-state index contributed by atoms with van der Waals surface area (Å²) in [5, 5.41) is 4.44. The second-order valence-corrected chi connectivity index (χ2v) is 10.7. The molecule has 0 spiro atoms. The first-order chi connectivity index (χ1) is 14.7. The highest BCUT2D eigenvalue weighted by Gasteiger charge is 2.24. The monoisotopic (exact) mass is 478 g/mol. The highest BCUT2D eigenvalue weighted by molar-refractivity contribution is 7.89. The van der Waals surface area contributed by atoms with Gasteiger partial charge in [0.25, 0.3) is 0 Å². The molecule has 11 heteroatoms. The van der Waals surface area contributed by atoms with E-state index >= 15 is 0 Å². The largest absolute Gasteiger partial charge is 0.338 e. The van der Waals surface area contributed by atoms with E-state index in [1.165, 1.54) is 19.2 Å². The number of fused-ring (bicyclic) bond motifs is 1. The normalized spacial score (nSPS) is 12.3. The molecule has 4 aromatic rings. The van der Waals surface area contributed by atoms with E-state index in [0.29, 0.717) is 21.1 Å². The molecule has 2 aromatic carbocycles. The average molecular weight is 479 g/mol. The van der Waals surface area contributed by atoms with Gasteiger partial charge in [-0.05, 0) is 44.2 Å². The second kappa shape index (κ2) is 8.19. The maximum atomic E-state index is 13.1. The van der Waals surface area contributed by atoms with Crippen molar-refractivity contribution in [2.24, 2.45) is 0 Å². The van der Waals surface area contributed by atoms with E-state index in [9.17, 15) is 13.2 Å². The smallest absolute Gasteiger partial charge is 0.308 e. The van der Waals surface area contributed by atoms with Crippen molar-refractivity contribution < 1.29 is 12.9 Å². The maximum absolute atomic E-state index is 13.1. The van der Waals surface area contributed by atoms with Gasteiger partial charge in [-0.1, -0.05) is 40.2 Å². The van der Waals surface area contributed by atoms with E-state index < -0.39 is 10.0 Å². The zero-order chi connectivity index (χ0) is 22.3. The first-order valence-electron chi connectivity index (χ1n) is 9.37. The number of hydrogen-bond acceptors (Lipinski definition) is 7. The minimum absolute atomic E-state index is 0.0161. The van der Waals surface area contributed by atoms with E-state index in [1.54, 1.807) is 34.9 Å². The number of thiazole rings is 1. The molecule has 0 amide bonds. The molecule has 31 heavy (non-hydrogen) atoms. The van der Waals surface area contributed by atoms with Crippen molar-refractivity contribution in [2.45, 2.75) is 31.3 Å². The zero-order valence-electron chi connectivity index (χ0n) is 16.9. The van der Waals surface area contributed by atoms with Crippen LogP contribution in [0, 0.1) is 0 Å². The number of halogens is 1. The lowest BCUT2D eigenvalue weighted by Crippen LogP contribution is -2.26. The number of aromatic nitrogens is 3. The molecule has 0 N–H and O–H groups in total. The van der Waals surface area contributed by atoms with Crippen molar-refractivity contribution in [2.75, 3.05) is 7.05 Å². The Bertz CT molecular complexity index is 1420. The van der Waals surface area contributed by atoms with Gasteiger partial charge in [-0.2, -0.15) is 9.29 Å². The maximum Gasteiger partial charge on any atom is 0.308 e. The van der Waals surface area contributed by atoms with Gasteiger partial charge in [0.15, 0.2) is 0 Å². The van der Waals surface area contributed by atoms with Crippen LogP contribution in [-0.4, -0.2) is 34.5 Å². The van der Waals surface area contributed by atoms with Crippen molar-refractivity contribution >= 4 is 43.2 Å². The summed E-state index contributed by atoms with van der Waals surface area (Å²) >= 11 is 7.02. The Labute approximate surface area is 187 Å². The van der Waals surface area contributed by atoms with Crippen LogP contribution in [0.3, 0.4) is 0 Å². The van der Waals surface area contributed by atoms with E-state index in [1.807, 2.05) is 13.8 Å². The average Bonchev–Trinajstić information content (AvgIpc) is 3.30. The summed E-state index contributed by atoms with van der Waals surface area (Å²) in [5.41, 5.74) is 1.39. The SMILES string of the molecule is CC(C)n1c(=O)sc2cc(S(=O)(=O)N(C)Cc3nc(-c4cccc(Cl)c4)no3)ccc21. The highest BCUT2D eigenvalue weighted by Crippen LogP contribution is 2.26. The summed E-state index contributed by atoms with van der Waals surface area (Å²) in [7, 11) is -2.40. The van der Waals surface area contributed by atoms with Gasteiger partial charge in [0.2, 0.25) is 21.7 Å². The van der Waals surface area contributed by atoms with Gasteiger partial charge < -0.3 is 4.52 Å². The molecule has 162 valence electrons. The molecule has 0 bridgehead atoms. The van der Waals surface area contributed by atoms with E-state index in [4.69, 9.17) is 16.1 Å². The Morgan fingerprint density at radius 1 is 1.23 bits per heavy atom. The molecule has 0 fully saturated rings. The van der Waals surface area contributed by atoms with Gasteiger partial charge in [0, 0.05) is 23.7 Å². The molecule has 0 radical (unpaired) electrons. The fourth-order valence-electron chi connectivity index (χ4n) is 3.19. The second-order valence-electron chi connectivity index (χ2n) is 7.24. The molecule has 0 unspecified atom stereocenters. The summed E-state index contributed by atoms with van der Waals surface area (Å²) in [6.07, 6.45) is 0. The van der Waals surface area contributed by atoms with Crippen molar-refractivity contribution in [3.63, 3.8) is 0 Å². The Morgan fingerprint density at radius 2 is 2.00 bits per heavy atom. The van der Waals surface area contributed by atoms with Crippen molar-refractivity contribution in [3.8, 4) is 11.4 Å². The van der Waals surface area contributed by atoms with Crippen molar-refractivity contribution in [1.29, 1.82) is 0 Å². The van der Waals surface area contributed by atoms with Crippen LogP contribution >= 0.6 is 22.9 Å². The summed E-state index contributed by atoms with van der Waals surface area (Å²) in [5.74, 6) is 0.474. The molecular formula is C20H19ClN4O4S2. The quantitative estimate of drug-likeness (QED) is 0.412. The fraction of sp³-hybridized carbons (Fsp3) is 0.250. The number of rotatable bonds is 6. The molecule has 4 rings (SSSR count). The van der Waals surface area contributed by atoms with Gasteiger partial charge in [0.1, 0.15) is 0 Å². The first-order valence-corrected chi connectivity index (χ1v) is 12.0. The van der Waals surface area contributed by atoms with Crippen LogP contribution in [0.1, 0.15) is 25.8 Å². The van der Waals surface area contributed by atoms with Gasteiger partial charge in [-0.3, -0.25) is 9.36 Å².